The number of hydrogen-bond acceptors (Lipinski definition) is 4. The van der Waals surface area contributed by atoms with Crippen molar-refractivity contribution in [3.8, 4) is 5.75 Å². The van der Waals surface area contributed by atoms with Gasteiger partial charge in [-0.3, -0.25) is 5.32 Å². The van der Waals surface area contributed by atoms with Crippen LogP contribution in [-0.4, -0.2) is 27.0 Å². The molecule has 0 radical (unpaired) electrons. The number of thiocarbonyl (C=S) groups is 1. The monoisotopic (exact) mass is 407 g/mol. The van der Waals surface area contributed by atoms with E-state index in [9.17, 15) is 0 Å². The van der Waals surface area contributed by atoms with Crippen LogP contribution in [-0.2, 0) is 6.54 Å². The Labute approximate surface area is 166 Å². The van der Waals surface area contributed by atoms with Crippen molar-refractivity contribution in [2.24, 2.45) is 0 Å². The molecule has 0 saturated heterocycles. The van der Waals surface area contributed by atoms with Crippen LogP contribution < -0.4 is 15.4 Å². The number of rotatable bonds is 5. The van der Waals surface area contributed by atoms with Gasteiger partial charge in [-0.15, -0.1) is 5.10 Å². The quantitative estimate of drug-likeness (QED) is 0.609. The molecule has 1 aromatic heterocycles. The average Bonchev–Trinajstić information content (AvgIpc) is 3.05. The van der Waals surface area contributed by atoms with Gasteiger partial charge in [0.05, 0.1) is 23.7 Å². The highest BCUT2D eigenvalue weighted by atomic mass is 35.5. The molecule has 2 aromatic carbocycles. The molecule has 0 bridgehead atoms. The van der Waals surface area contributed by atoms with E-state index in [4.69, 9.17) is 40.2 Å². The number of ether oxygens (including phenoxy) is 1. The minimum atomic E-state index is 0.380. The minimum Gasteiger partial charge on any atom is -0.497 e. The van der Waals surface area contributed by atoms with Crippen LogP contribution in [0.1, 0.15) is 5.56 Å². The lowest BCUT2D eigenvalue weighted by molar-refractivity contribution is 0.415. The van der Waals surface area contributed by atoms with Gasteiger partial charge in [-0.25, -0.2) is 9.67 Å². The number of nitrogens with zero attached hydrogens (tertiary/aromatic N) is 3. The van der Waals surface area contributed by atoms with Crippen LogP contribution in [0.15, 0.2) is 48.8 Å². The van der Waals surface area contributed by atoms with Crippen LogP contribution >= 0.6 is 35.4 Å². The molecule has 26 heavy (non-hydrogen) atoms. The van der Waals surface area contributed by atoms with E-state index in [2.05, 4.69) is 20.7 Å². The number of methoxy groups -OCH3 is 1. The molecule has 3 rings (SSSR count). The molecule has 0 spiro atoms. The van der Waals surface area contributed by atoms with Crippen LogP contribution in [0.5, 0.6) is 5.75 Å². The van der Waals surface area contributed by atoms with Crippen LogP contribution in [0.3, 0.4) is 0 Å². The third-order valence-corrected chi connectivity index (χ3v) is 4.36. The zero-order valence-corrected chi connectivity index (χ0v) is 16.1. The fourth-order valence-electron chi connectivity index (χ4n) is 2.22. The van der Waals surface area contributed by atoms with Gasteiger partial charge in [0.25, 0.3) is 0 Å². The van der Waals surface area contributed by atoms with E-state index in [-0.39, 0.29) is 0 Å². The van der Waals surface area contributed by atoms with Gasteiger partial charge in [0.2, 0.25) is 5.95 Å². The van der Waals surface area contributed by atoms with Crippen molar-refractivity contribution in [2.75, 3.05) is 17.7 Å². The van der Waals surface area contributed by atoms with E-state index in [0.29, 0.717) is 27.7 Å². The van der Waals surface area contributed by atoms with Gasteiger partial charge in [0, 0.05) is 11.8 Å². The maximum Gasteiger partial charge on any atom is 0.248 e. The normalized spacial score (nSPS) is 10.4. The van der Waals surface area contributed by atoms with E-state index in [0.717, 1.165) is 17.0 Å². The Bertz CT molecular complexity index is 931. The molecule has 2 N–H and O–H groups in total. The number of nitrogens with one attached hydrogen (secondary N) is 2. The molecule has 9 heteroatoms. The van der Waals surface area contributed by atoms with Gasteiger partial charge in [-0.1, -0.05) is 35.3 Å². The maximum absolute atomic E-state index is 6.03. The Morgan fingerprint density at radius 1 is 1.15 bits per heavy atom. The molecule has 3 aromatic rings. The van der Waals surface area contributed by atoms with Crippen molar-refractivity contribution < 1.29 is 4.74 Å². The van der Waals surface area contributed by atoms with Crippen LogP contribution in [0.25, 0.3) is 0 Å². The zero-order valence-electron chi connectivity index (χ0n) is 13.7. The van der Waals surface area contributed by atoms with Gasteiger partial charge in [0.1, 0.15) is 12.1 Å². The molecular weight excluding hydrogens is 393 g/mol. The highest BCUT2D eigenvalue weighted by Gasteiger charge is 2.06. The summed E-state index contributed by atoms with van der Waals surface area (Å²) in [4.78, 5) is 4.20. The molecular formula is C17H15Cl2N5OS. The largest absolute Gasteiger partial charge is 0.497 e. The first-order chi connectivity index (χ1) is 12.5. The highest BCUT2D eigenvalue weighted by molar-refractivity contribution is 7.80. The molecule has 0 aliphatic rings. The first-order valence-corrected chi connectivity index (χ1v) is 8.75. The molecule has 0 atom stereocenters. The van der Waals surface area contributed by atoms with Crippen LogP contribution in [0, 0.1) is 0 Å². The predicted octanol–water partition coefficient (Wildman–Crippen LogP) is 4.45. The van der Waals surface area contributed by atoms with E-state index in [1.165, 1.54) is 0 Å². The van der Waals surface area contributed by atoms with Gasteiger partial charge in [0.15, 0.2) is 5.11 Å². The summed E-state index contributed by atoms with van der Waals surface area (Å²) < 4.78 is 6.86. The fourth-order valence-corrected chi connectivity index (χ4v) is 2.75. The average molecular weight is 408 g/mol. The predicted molar refractivity (Wildman–Crippen MR) is 108 cm³/mol. The number of aromatic nitrogens is 3. The summed E-state index contributed by atoms with van der Waals surface area (Å²) in [5.74, 6) is 1.13. The van der Waals surface area contributed by atoms with Crippen molar-refractivity contribution in [3.05, 3.63) is 64.4 Å². The molecule has 6 nitrogen and oxygen atoms in total. The summed E-state index contributed by atoms with van der Waals surface area (Å²) in [5.41, 5.74) is 1.77. The van der Waals surface area contributed by atoms with Gasteiger partial charge in [-0.05, 0) is 42.0 Å². The topological polar surface area (TPSA) is 64.0 Å². The summed E-state index contributed by atoms with van der Waals surface area (Å²) >= 11 is 17.2. The number of halogens is 2. The number of benzene rings is 2. The lowest BCUT2D eigenvalue weighted by atomic mass is 10.2. The number of anilines is 2. The van der Waals surface area contributed by atoms with Gasteiger partial charge in [-0.2, -0.15) is 0 Å². The van der Waals surface area contributed by atoms with E-state index in [1.807, 2.05) is 30.3 Å². The molecule has 0 fully saturated rings. The third kappa shape index (κ3) is 4.85. The minimum absolute atomic E-state index is 0.380. The van der Waals surface area contributed by atoms with Crippen molar-refractivity contribution >= 4 is 52.2 Å². The maximum atomic E-state index is 6.03. The van der Waals surface area contributed by atoms with Crippen LogP contribution in [0.4, 0.5) is 11.6 Å². The second kappa shape index (κ2) is 8.35. The molecule has 0 unspecified atom stereocenters. The Kier molecular flexibility index (Phi) is 5.92. The molecule has 0 aliphatic carbocycles. The summed E-state index contributed by atoms with van der Waals surface area (Å²) in [6, 6.07) is 12.9. The molecule has 0 aliphatic heterocycles. The van der Waals surface area contributed by atoms with Crippen LogP contribution in [0.2, 0.25) is 10.0 Å². The zero-order chi connectivity index (χ0) is 18.5. The number of hydrogen-bond donors (Lipinski definition) is 2. The first kappa shape index (κ1) is 18.4. The third-order valence-electron chi connectivity index (χ3n) is 3.42. The second-order valence-corrected chi connectivity index (χ2v) is 6.55. The second-order valence-electron chi connectivity index (χ2n) is 5.33. The molecule has 1 heterocycles. The highest BCUT2D eigenvalue weighted by Crippen LogP contribution is 2.23. The van der Waals surface area contributed by atoms with Gasteiger partial charge < -0.3 is 10.1 Å². The summed E-state index contributed by atoms with van der Waals surface area (Å²) in [5, 5.41) is 11.7. The summed E-state index contributed by atoms with van der Waals surface area (Å²) in [7, 11) is 1.61. The molecule has 0 saturated carbocycles. The van der Waals surface area contributed by atoms with Crippen molar-refractivity contribution in [1.29, 1.82) is 0 Å². The van der Waals surface area contributed by atoms with Crippen molar-refractivity contribution in [3.63, 3.8) is 0 Å². The fraction of sp³-hybridized carbons (Fsp3) is 0.118. The summed E-state index contributed by atoms with van der Waals surface area (Å²) in [6.45, 7) is 0.516. The standard InChI is InChI=1S/C17H15Cl2N5OS/c1-25-13-4-2-3-12(8-13)21-17(26)22-16-20-10-24(23-16)9-11-5-6-14(18)15(19)7-11/h2-8,10H,9H2,1H3,(H2,21,22,23,26). The lowest BCUT2D eigenvalue weighted by Crippen LogP contribution is -2.20. The Morgan fingerprint density at radius 2 is 2.00 bits per heavy atom. The Hall–Kier alpha value is -2.35. The van der Waals surface area contributed by atoms with E-state index < -0.39 is 0 Å². The van der Waals surface area contributed by atoms with E-state index in [1.54, 1.807) is 30.3 Å². The molecule has 0 amide bonds. The SMILES string of the molecule is COc1cccc(NC(=S)Nc2ncn(Cc3ccc(Cl)c(Cl)c3)n2)c1. The Morgan fingerprint density at radius 3 is 2.77 bits per heavy atom. The first-order valence-electron chi connectivity index (χ1n) is 7.59. The summed E-state index contributed by atoms with van der Waals surface area (Å²) in [6.07, 6.45) is 1.61. The van der Waals surface area contributed by atoms with E-state index >= 15 is 0 Å². The van der Waals surface area contributed by atoms with Crippen molar-refractivity contribution in [1.82, 2.24) is 14.8 Å². The molecule has 134 valence electrons. The van der Waals surface area contributed by atoms with Crippen molar-refractivity contribution in [2.45, 2.75) is 6.54 Å². The lowest BCUT2D eigenvalue weighted by Gasteiger charge is -2.09. The van der Waals surface area contributed by atoms with Gasteiger partial charge >= 0.3 is 0 Å². The smallest absolute Gasteiger partial charge is 0.248 e. The Balaban J connectivity index is 1.60.